The average molecular weight is 311 g/mol. The third-order valence-electron chi connectivity index (χ3n) is 2.52. The molecule has 2 rings (SSSR count). The number of para-hydroxylation sites is 1. The van der Waals surface area contributed by atoms with Crippen LogP contribution < -0.4 is 0 Å². The van der Waals surface area contributed by atoms with Gasteiger partial charge in [0.05, 0.1) is 0 Å². The lowest BCUT2D eigenvalue weighted by atomic mass is 10.1. The van der Waals surface area contributed by atoms with Crippen molar-refractivity contribution in [2.45, 2.75) is 0 Å². The molecule has 0 atom stereocenters. The summed E-state index contributed by atoms with van der Waals surface area (Å²) in [7, 11) is 0. The molecule has 0 aromatic heterocycles. The zero-order valence-electron chi connectivity index (χ0n) is 10.3. The molecule has 104 valence electrons. The van der Waals surface area contributed by atoms with Crippen molar-refractivity contribution >= 4 is 35.9 Å². The first-order chi connectivity index (χ1) is 9.06. The molecule has 20 heavy (non-hydrogen) atoms. The topological polar surface area (TPSA) is 57.5 Å². The van der Waals surface area contributed by atoms with E-state index in [1.165, 1.54) is 36.4 Å². The molecule has 2 N–H and O–H groups in total. The van der Waals surface area contributed by atoms with Crippen LogP contribution in [0.4, 0.5) is 0 Å². The minimum Gasteiger partial charge on any atom is -0.508 e. The third-order valence-corrected chi connectivity index (χ3v) is 2.74. The summed E-state index contributed by atoms with van der Waals surface area (Å²) in [6, 6.07) is 10.8. The zero-order valence-corrected chi connectivity index (χ0v) is 11.9. The lowest BCUT2D eigenvalue weighted by Crippen LogP contribution is -1.93. The highest BCUT2D eigenvalue weighted by Gasteiger charge is 2.05. The van der Waals surface area contributed by atoms with E-state index in [9.17, 15) is 15.0 Å². The summed E-state index contributed by atoms with van der Waals surface area (Å²) in [6.07, 6.45) is 2.83. The monoisotopic (exact) mass is 310 g/mol. The van der Waals surface area contributed by atoms with E-state index in [1.807, 2.05) is 0 Å². The van der Waals surface area contributed by atoms with Gasteiger partial charge in [-0.3, -0.25) is 4.79 Å². The SMILES string of the molecule is Cl.O=C(/C=C/c1ccccc1O)c1cc(O)cc(Cl)c1. The van der Waals surface area contributed by atoms with Crippen LogP contribution in [0.2, 0.25) is 5.02 Å². The summed E-state index contributed by atoms with van der Waals surface area (Å²) in [5.41, 5.74) is 0.832. The van der Waals surface area contributed by atoms with Gasteiger partial charge in [0.25, 0.3) is 0 Å². The summed E-state index contributed by atoms with van der Waals surface area (Å²) in [5.74, 6) is -0.270. The molecule has 0 heterocycles. The Balaban J connectivity index is 0.00000200. The molecule has 0 aliphatic rings. The molecule has 0 spiro atoms. The number of phenols is 2. The van der Waals surface area contributed by atoms with Gasteiger partial charge in [-0.1, -0.05) is 29.8 Å². The van der Waals surface area contributed by atoms with E-state index >= 15 is 0 Å². The van der Waals surface area contributed by atoms with E-state index in [1.54, 1.807) is 18.2 Å². The van der Waals surface area contributed by atoms with Gasteiger partial charge in [0, 0.05) is 16.1 Å². The molecule has 2 aromatic rings. The molecule has 0 bridgehead atoms. The fourth-order valence-corrected chi connectivity index (χ4v) is 1.84. The smallest absolute Gasteiger partial charge is 0.186 e. The molecule has 2 aromatic carbocycles. The fraction of sp³-hybridized carbons (Fsp3) is 0. The fourth-order valence-electron chi connectivity index (χ4n) is 1.61. The van der Waals surface area contributed by atoms with Crippen molar-refractivity contribution in [3.63, 3.8) is 0 Å². The number of aromatic hydroxyl groups is 2. The minimum absolute atomic E-state index is 0. The predicted octanol–water partition coefficient (Wildman–Crippen LogP) is 4.07. The summed E-state index contributed by atoms with van der Waals surface area (Å²) in [5, 5.41) is 19.2. The molecule has 0 aliphatic heterocycles. The van der Waals surface area contributed by atoms with Crippen LogP contribution in [0.25, 0.3) is 6.08 Å². The van der Waals surface area contributed by atoms with Crippen molar-refractivity contribution in [2.75, 3.05) is 0 Å². The summed E-state index contributed by atoms with van der Waals surface area (Å²) < 4.78 is 0. The standard InChI is InChI=1S/C15H11ClO3.ClH/c16-12-7-11(8-13(17)9-12)15(19)6-5-10-3-1-2-4-14(10)18;/h1-9,17-18H;1H/b6-5+;. The third kappa shape index (κ3) is 4.02. The quantitative estimate of drug-likeness (QED) is 0.663. The lowest BCUT2D eigenvalue weighted by molar-refractivity contribution is 0.104. The number of carbonyl (C=O) groups is 1. The zero-order chi connectivity index (χ0) is 13.8. The second kappa shape index (κ2) is 6.98. The van der Waals surface area contributed by atoms with Gasteiger partial charge in [-0.25, -0.2) is 0 Å². The maximum absolute atomic E-state index is 11.9. The van der Waals surface area contributed by atoms with Gasteiger partial charge in [0.1, 0.15) is 11.5 Å². The normalized spacial score (nSPS) is 10.2. The molecule has 3 nitrogen and oxygen atoms in total. The van der Waals surface area contributed by atoms with Crippen LogP contribution in [-0.2, 0) is 0 Å². The highest BCUT2D eigenvalue weighted by Crippen LogP contribution is 2.21. The van der Waals surface area contributed by atoms with Crippen LogP contribution in [0.15, 0.2) is 48.5 Å². The number of allylic oxidation sites excluding steroid dienone is 1. The van der Waals surface area contributed by atoms with E-state index < -0.39 is 0 Å². The van der Waals surface area contributed by atoms with Crippen molar-refractivity contribution in [3.8, 4) is 11.5 Å². The van der Waals surface area contributed by atoms with Crippen molar-refractivity contribution in [2.24, 2.45) is 0 Å². The molecule has 0 fully saturated rings. The lowest BCUT2D eigenvalue weighted by Gasteiger charge is -2.00. The van der Waals surface area contributed by atoms with E-state index in [-0.39, 0.29) is 35.3 Å². The van der Waals surface area contributed by atoms with Crippen LogP contribution >= 0.6 is 24.0 Å². The highest BCUT2D eigenvalue weighted by atomic mass is 35.5. The number of benzene rings is 2. The van der Waals surface area contributed by atoms with Crippen LogP contribution in [0, 0.1) is 0 Å². The summed E-state index contributed by atoms with van der Waals surface area (Å²) >= 11 is 5.76. The average Bonchev–Trinajstić information content (AvgIpc) is 2.36. The molecule has 0 saturated carbocycles. The van der Waals surface area contributed by atoms with Crippen molar-refractivity contribution in [1.82, 2.24) is 0 Å². The number of carbonyl (C=O) groups excluding carboxylic acids is 1. The van der Waals surface area contributed by atoms with Crippen LogP contribution in [0.5, 0.6) is 11.5 Å². The largest absolute Gasteiger partial charge is 0.508 e. The number of ketones is 1. The van der Waals surface area contributed by atoms with Gasteiger partial charge in [0.15, 0.2) is 5.78 Å². The maximum Gasteiger partial charge on any atom is 0.186 e. The Hall–Kier alpha value is -1.97. The van der Waals surface area contributed by atoms with E-state index in [0.29, 0.717) is 10.6 Å². The number of hydrogen-bond acceptors (Lipinski definition) is 3. The Morgan fingerprint density at radius 1 is 1.10 bits per heavy atom. The van der Waals surface area contributed by atoms with Crippen molar-refractivity contribution < 1.29 is 15.0 Å². The van der Waals surface area contributed by atoms with Crippen LogP contribution in [0.1, 0.15) is 15.9 Å². The Labute approximate surface area is 127 Å². The number of halogens is 2. The van der Waals surface area contributed by atoms with Gasteiger partial charge in [-0.05, 0) is 36.4 Å². The van der Waals surface area contributed by atoms with Gasteiger partial charge in [0.2, 0.25) is 0 Å². The summed E-state index contributed by atoms with van der Waals surface area (Å²) in [4.78, 5) is 11.9. The molecule has 0 aliphatic carbocycles. The first-order valence-corrected chi connectivity index (χ1v) is 5.94. The number of rotatable bonds is 3. The van der Waals surface area contributed by atoms with E-state index in [2.05, 4.69) is 0 Å². The number of hydrogen-bond donors (Lipinski definition) is 2. The van der Waals surface area contributed by atoms with Crippen LogP contribution in [0.3, 0.4) is 0 Å². The Bertz CT molecular complexity index is 631. The first kappa shape index (κ1) is 16.1. The maximum atomic E-state index is 11.9. The van der Waals surface area contributed by atoms with Gasteiger partial charge >= 0.3 is 0 Å². The Morgan fingerprint density at radius 3 is 2.45 bits per heavy atom. The van der Waals surface area contributed by atoms with Crippen LogP contribution in [-0.4, -0.2) is 16.0 Å². The van der Waals surface area contributed by atoms with Gasteiger partial charge in [-0.2, -0.15) is 0 Å². The molecular formula is C15H12Cl2O3. The van der Waals surface area contributed by atoms with Gasteiger partial charge in [-0.15, -0.1) is 12.4 Å². The van der Waals surface area contributed by atoms with Gasteiger partial charge < -0.3 is 10.2 Å². The van der Waals surface area contributed by atoms with Crippen molar-refractivity contribution in [3.05, 3.63) is 64.7 Å². The summed E-state index contributed by atoms with van der Waals surface area (Å²) in [6.45, 7) is 0. The van der Waals surface area contributed by atoms with Crippen molar-refractivity contribution in [1.29, 1.82) is 0 Å². The molecule has 0 unspecified atom stereocenters. The first-order valence-electron chi connectivity index (χ1n) is 5.56. The molecule has 5 heteroatoms. The minimum atomic E-state index is -0.305. The molecule has 0 amide bonds. The highest BCUT2D eigenvalue weighted by molar-refractivity contribution is 6.31. The number of phenolic OH excluding ortho intramolecular Hbond substituents is 2. The predicted molar refractivity (Wildman–Crippen MR) is 81.8 cm³/mol. The molecular weight excluding hydrogens is 299 g/mol. The molecule has 0 saturated heterocycles. The van der Waals surface area contributed by atoms with E-state index in [4.69, 9.17) is 11.6 Å². The second-order valence-electron chi connectivity index (χ2n) is 3.95. The second-order valence-corrected chi connectivity index (χ2v) is 4.39. The molecule has 0 radical (unpaired) electrons. The van der Waals surface area contributed by atoms with E-state index in [0.717, 1.165) is 0 Å². The Kier molecular flexibility index (Phi) is 5.62. The Morgan fingerprint density at radius 2 is 1.80 bits per heavy atom.